The minimum Gasteiger partial charge on any atom is -0.492 e. The average molecular weight is 1350 g/mol. The van der Waals surface area contributed by atoms with E-state index in [4.69, 9.17) is 56.9 Å². The zero-order valence-electron chi connectivity index (χ0n) is 48.5. The van der Waals surface area contributed by atoms with Crippen molar-refractivity contribution in [3.05, 3.63) is 49.6 Å². The molecular formula is C58H77IN2O20S3. The number of hydrogen-bond acceptors (Lipinski definition) is 25. The number of Topliss-reactive ketones (excluding diaryl/α,β-unsaturated/α-hetero) is 2. The quantitative estimate of drug-likeness (QED) is 0.0270. The SMILES string of the molecule is CCN[C@H]1CO[C@@H](O[C@H]2[C@H](O[C@H]3C#C/C=C\C#C[C@]4(O)CC(=O)C(CC(C)=O)=C3/C4=C\CSSC3CC3)O[C@H](C)[C@@H](NO[C@H]3C[C@H](O)[C@H](SC(=O)c4c(C)c(I)c(O[C@@H]5O[C@@H](C)[C@H](O)[C@@H](OC)[C@H]5O)c(OC)c4OC)[C@@H](C)O3)[C@@H]2O)C[C@@H]1OC. The van der Waals surface area contributed by atoms with Crippen LogP contribution in [-0.2, 0) is 52.3 Å². The Morgan fingerprint density at radius 3 is 2.27 bits per heavy atom. The molecule has 0 spiro atoms. The minimum atomic E-state index is -1.96. The van der Waals surface area contributed by atoms with Crippen molar-refractivity contribution in [1.29, 1.82) is 0 Å². The second-order valence-electron chi connectivity index (χ2n) is 21.5. The number of allylic oxidation sites excluding steroid dienone is 3. The summed E-state index contributed by atoms with van der Waals surface area (Å²) in [4.78, 5) is 47.6. The number of carbonyl (C=O) groups is 3. The van der Waals surface area contributed by atoms with E-state index in [0.29, 0.717) is 26.7 Å². The number of ketones is 2. The van der Waals surface area contributed by atoms with Crippen LogP contribution in [0.15, 0.2) is 34.9 Å². The van der Waals surface area contributed by atoms with Crippen LogP contribution in [0.3, 0.4) is 0 Å². The first kappa shape index (κ1) is 67.0. The number of halogens is 1. The highest BCUT2D eigenvalue weighted by Crippen LogP contribution is 2.49. The normalized spacial score (nSPS) is 36.9. The molecule has 1 aromatic carbocycles. The molecule has 26 heteroatoms. The fraction of sp³-hybridized carbons (Fsp3) is 0.672. The summed E-state index contributed by atoms with van der Waals surface area (Å²) in [7, 11) is 9.04. The maximum absolute atomic E-state index is 14.4. The molecule has 7 N–H and O–H groups in total. The van der Waals surface area contributed by atoms with E-state index in [0.717, 1.165) is 24.6 Å². The Balaban J connectivity index is 1.01. The van der Waals surface area contributed by atoms with Crippen molar-refractivity contribution in [1.82, 2.24) is 10.8 Å². The van der Waals surface area contributed by atoms with Gasteiger partial charge in [0.15, 0.2) is 41.8 Å². The van der Waals surface area contributed by atoms with Gasteiger partial charge in [0.25, 0.3) is 0 Å². The molecule has 19 atom stereocenters. The number of thioether (sulfide) groups is 1. The van der Waals surface area contributed by atoms with Crippen LogP contribution in [0, 0.1) is 34.2 Å². The third kappa shape index (κ3) is 15.4. The molecule has 22 nitrogen and oxygen atoms in total. The zero-order valence-corrected chi connectivity index (χ0v) is 53.1. The summed E-state index contributed by atoms with van der Waals surface area (Å²) >= 11 is 2.84. The molecule has 4 heterocycles. The highest BCUT2D eigenvalue weighted by Gasteiger charge is 2.52. The number of rotatable bonds is 23. The molecule has 3 aliphatic carbocycles. The summed E-state index contributed by atoms with van der Waals surface area (Å²) in [6.07, 6.45) is -9.99. The predicted octanol–water partition coefficient (Wildman–Crippen LogP) is 3.75. The molecule has 4 saturated heterocycles. The van der Waals surface area contributed by atoms with E-state index >= 15 is 0 Å². The van der Waals surface area contributed by atoms with Crippen LogP contribution in [0.4, 0.5) is 0 Å². The number of methoxy groups -OCH3 is 4. The maximum Gasteiger partial charge on any atom is 0.229 e. The zero-order chi connectivity index (χ0) is 60.7. The second-order valence-corrected chi connectivity index (χ2v) is 26.4. The molecule has 5 fully saturated rings. The molecule has 0 aromatic heterocycles. The first-order valence-electron chi connectivity index (χ1n) is 28.0. The number of hydrogen-bond donors (Lipinski definition) is 7. The largest absolute Gasteiger partial charge is 0.492 e. The molecular weight excluding hydrogens is 1270 g/mol. The number of ether oxygens (including phenoxy) is 11. The number of aliphatic hydroxyl groups is 5. The number of carbonyl (C=O) groups excluding carboxylic acids is 3. The molecule has 464 valence electrons. The van der Waals surface area contributed by atoms with Gasteiger partial charge in [-0.25, -0.2) is 0 Å². The van der Waals surface area contributed by atoms with Gasteiger partial charge in [-0.1, -0.05) is 70.0 Å². The minimum absolute atomic E-state index is 0.0356. The van der Waals surface area contributed by atoms with Gasteiger partial charge < -0.3 is 83.0 Å². The lowest BCUT2D eigenvalue weighted by molar-refractivity contribution is -0.336. The van der Waals surface area contributed by atoms with Gasteiger partial charge in [-0.2, -0.15) is 5.48 Å². The van der Waals surface area contributed by atoms with Crippen molar-refractivity contribution in [3.8, 4) is 40.9 Å². The van der Waals surface area contributed by atoms with E-state index in [1.807, 2.05) is 35.6 Å². The van der Waals surface area contributed by atoms with Gasteiger partial charge in [0.1, 0.15) is 42.4 Å². The average Bonchev–Trinajstić information content (AvgIpc) is 3.39. The van der Waals surface area contributed by atoms with Crippen LogP contribution in [-0.4, -0.2) is 210 Å². The topological polar surface area (TPSA) is 287 Å². The van der Waals surface area contributed by atoms with E-state index in [9.17, 15) is 39.9 Å². The molecule has 4 aliphatic heterocycles. The number of fused-ring (bicyclic) bond motifs is 2. The van der Waals surface area contributed by atoms with E-state index in [1.54, 1.807) is 56.4 Å². The number of likely N-dealkylation sites (N-methyl/N-ethyl adjacent to an activating group) is 1. The van der Waals surface area contributed by atoms with Crippen molar-refractivity contribution in [2.75, 3.05) is 47.3 Å². The fourth-order valence-electron chi connectivity index (χ4n) is 10.9. The van der Waals surface area contributed by atoms with Gasteiger partial charge >= 0.3 is 0 Å². The highest BCUT2D eigenvalue weighted by atomic mass is 127. The first-order valence-corrected chi connectivity index (χ1v) is 32.3. The molecule has 8 rings (SSSR count). The van der Waals surface area contributed by atoms with Gasteiger partial charge in [0.05, 0.1) is 84.2 Å². The molecule has 0 unspecified atom stereocenters. The van der Waals surface area contributed by atoms with Gasteiger partial charge in [0, 0.05) is 61.2 Å². The standard InChI is InChI=1S/C58H77IN2O20S3/c1-11-60-35-26-74-40(24-39(35)70-7)79-52-47(66)45(29(4)76-57(52)78-38-16-14-12-13-15-20-58(69)25-37(64)33(22-27(2)62)43(38)34(58)19-21-82-84-32-17-18-32)61-81-41-23-36(63)54(31(6)75-41)83-55(68)42-28(3)44(59)50(53(73-10)49(42)71-8)80-56-48(67)51(72-9)46(65)30(5)77-56/h12-13,19,29-32,35-36,38-41,45-48,51-52,54,56-57,60-61,63,65-67,69H,11,17-18,21-26H2,1-10H3/b13-12-,34-19+/t29-,30+,31-,35+,36+,38+,39+,40+,41+,45-,46+,47+,48-,51-,52-,54-,56+,57+,58+/m1/s1. The van der Waals surface area contributed by atoms with Crippen molar-refractivity contribution in [3.63, 3.8) is 0 Å². The molecule has 0 radical (unpaired) electrons. The summed E-state index contributed by atoms with van der Waals surface area (Å²) < 4.78 is 67.9. The summed E-state index contributed by atoms with van der Waals surface area (Å²) in [6.45, 7) is 10.9. The first-order chi connectivity index (χ1) is 40.2. The third-order valence-electron chi connectivity index (χ3n) is 15.5. The third-order valence-corrected chi connectivity index (χ3v) is 21.0. The fourth-order valence-corrected chi connectivity index (χ4v) is 15.2. The maximum atomic E-state index is 14.4. The Kier molecular flexibility index (Phi) is 24.0. The predicted molar refractivity (Wildman–Crippen MR) is 319 cm³/mol. The highest BCUT2D eigenvalue weighted by molar-refractivity contribution is 14.1. The number of benzene rings is 1. The molecule has 2 bridgehead atoms. The summed E-state index contributed by atoms with van der Waals surface area (Å²) in [5.74, 6) is 11.6. The van der Waals surface area contributed by atoms with E-state index in [1.165, 1.54) is 40.4 Å². The van der Waals surface area contributed by atoms with Gasteiger partial charge in [-0.3, -0.25) is 19.2 Å². The van der Waals surface area contributed by atoms with Gasteiger partial charge in [-0.05, 0) is 94.3 Å². The monoisotopic (exact) mass is 1340 g/mol. The Bertz CT molecular complexity index is 2750. The molecule has 7 aliphatic rings. The Labute approximate surface area is 515 Å². The van der Waals surface area contributed by atoms with Crippen molar-refractivity contribution < 1.29 is 96.9 Å². The lowest BCUT2D eigenvalue weighted by atomic mass is 9.72. The van der Waals surface area contributed by atoms with Gasteiger partial charge in [-0.15, -0.1) is 0 Å². The lowest BCUT2D eigenvalue weighted by Crippen LogP contribution is -2.65. The van der Waals surface area contributed by atoms with Crippen molar-refractivity contribution >= 4 is 72.6 Å². The van der Waals surface area contributed by atoms with Crippen LogP contribution >= 0.6 is 55.9 Å². The van der Waals surface area contributed by atoms with Crippen LogP contribution in [0.25, 0.3) is 0 Å². The van der Waals surface area contributed by atoms with E-state index in [2.05, 4.69) is 34.5 Å². The Morgan fingerprint density at radius 1 is 0.881 bits per heavy atom. The Hall–Kier alpha value is -2.89. The number of nitrogens with one attached hydrogen (secondary N) is 2. The van der Waals surface area contributed by atoms with Crippen molar-refractivity contribution in [2.24, 2.45) is 0 Å². The smallest absolute Gasteiger partial charge is 0.229 e. The van der Waals surface area contributed by atoms with Gasteiger partial charge in [0.2, 0.25) is 17.2 Å². The summed E-state index contributed by atoms with van der Waals surface area (Å²) in [5.41, 5.74) is 2.15. The molecule has 1 aromatic rings. The van der Waals surface area contributed by atoms with Crippen LogP contribution in [0.5, 0.6) is 17.2 Å². The van der Waals surface area contributed by atoms with E-state index in [-0.39, 0.29) is 83.3 Å². The van der Waals surface area contributed by atoms with Crippen molar-refractivity contribution in [2.45, 2.75) is 201 Å². The Morgan fingerprint density at radius 2 is 1.61 bits per heavy atom. The summed E-state index contributed by atoms with van der Waals surface area (Å²) in [5, 5.41) is 60.8. The van der Waals surface area contributed by atoms with Crippen LogP contribution < -0.4 is 25.0 Å². The second kappa shape index (κ2) is 30.1. The van der Waals surface area contributed by atoms with Crippen LogP contribution in [0.1, 0.15) is 89.1 Å². The lowest BCUT2D eigenvalue weighted by Gasteiger charge is -2.46. The number of aliphatic hydroxyl groups excluding tert-OH is 4. The van der Waals surface area contributed by atoms with Crippen LogP contribution in [0.2, 0.25) is 0 Å². The molecule has 84 heavy (non-hydrogen) atoms. The number of hydroxylamine groups is 1. The van der Waals surface area contributed by atoms with E-state index < -0.39 is 120 Å². The molecule has 1 saturated carbocycles. The molecule has 0 amide bonds. The summed E-state index contributed by atoms with van der Waals surface area (Å²) in [6, 6.07) is -1.21.